The van der Waals surface area contributed by atoms with Crippen LogP contribution < -0.4 is 5.32 Å². The lowest BCUT2D eigenvalue weighted by atomic mass is 10.1. The molecule has 2 aliphatic rings. The molecule has 2 saturated heterocycles. The minimum absolute atomic E-state index is 0.402. The predicted molar refractivity (Wildman–Crippen MR) is 87.4 cm³/mol. The first-order valence-corrected chi connectivity index (χ1v) is 9.00. The van der Waals surface area contributed by atoms with Crippen LogP contribution in [0.15, 0.2) is 0 Å². The second kappa shape index (κ2) is 8.74. The molecule has 2 bridgehead atoms. The molecule has 2 unspecified atom stereocenters. The molecule has 4 heteroatoms. The van der Waals surface area contributed by atoms with Crippen LogP contribution in [0.2, 0.25) is 0 Å². The maximum atomic E-state index is 12.6. The normalized spacial score (nSPS) is 25.4. The van der Waals surface area contributed by atoms with Crippen LogP contribution in [0.25, 0.3) is 0 Å². The van der Waals surface area contributed by atoms with E-state index in [-0.39, 0.29) is 0 Å². The van der Waals surface area contributed by atoms with Crippen LogP contribution in [0.4, 0.5) is 0 Å². The van der Waals surface area contributed by atoms with E-state index in [1.165, 1.54) is 38.8 Å². The Kier molecular flexibility index (Phi) is 6.97. The van der Waals surface area contributed by atoms with Crippen molar-refractivity contribution in [3.05, 3.63) is 0 Å². The van der Waals surface area contributed by atoms with Crippen LogP contribution >= 0.6 is 0 Å². The molecule has 0 aromatic carbocycles. The Morgan fingerprint density at radius 3 is 2.52 bits per heavy atom. The molecule has 0 spiro atoms. The van der Waals surface area contributed by atoms with Gasteiger partial charge in [-0.2, -0.15) is 0 Å². The SMILES string of the molecule is CCCN(CCC)CCCC(=O)N1C2CCNCC1CC2. The van der Waals surface area contributed by atoms with Crippen LogP contribution in [0.5, 0.6) is 0 Å². The highest BCUT2D eigenvalue weighted by molar-refractivity contribution is 5.77. The maximum Gasteiger partial charge on any atom is 0.223 e. The Morgan fingerprint density at radius 2 is 1.81 bits per heavy atom. The minimum atomic E-state index is 0.402. The third kappa shape index (κ3) is 4.68. The van der Waals surface area contributed by atoms with E-state index in [1.54, 1.807) is 0 Å². The van der Waals surface area contributed by atoms with Crippen LogP contribution in [0, 0.1) is 0 Å². The van der Waals surface area contributed by atoms with Gasteiger partial charge in [-0.1, -0.05) is 13.8 Å². The van der Waals surface area contributed by atoms with Gasteiger partial charge in [-0.25, -0.2) is 0 Å². The van der Waals surface area contributed by atoms with Crippen molar-refractivity contribution in [3.8, 4) is 0 Å². The van der Waals surface area contributed by atoms with Crippen molar-refractivity contribution in [1.82, 2.24) is 15.1 Å². The smallest absolute Gasteiger partial charge is 0.223 e. The zero-order chi connectivity index (χ0) is 15.1. The van der Waals surface area contributed by atoms with Crippen molar-refractivity contribution < 1.29 is 4.79 Å². The topological polar surface area (TPSA) is 35.6 Å². The molecule has 0 aromatic rings. The van der Waals surface area contributed by atoms with Gasteiger partial charge in [-0.05, 0) is 64.7 Å². The number of nitrogens with one attached hydrogen (secondary N) is 1. The van der Waals surface area contributed by atoms with Crippen molar-refractivity contribution in [2.24, 2.45) is 0 Å². The molecule has 0 aromatic heterocycles. The van der Waals surface area contributed by atoms with Crippen LogP contribution in [-0.4, -0.2) is 60.5 Å². The predicted octanol–water partition coefficient (Wildman–Crippen LogP) is 2.24. The van der Waals surface area contributed by atoms with E-state index in [1.807, 2.05) is 0 Å². The highest BCUT2D eigenvalue weighted by atomic mass is 16.2. The lowest BCUT2D eigenvalue weighted by Crippen LogP contribution is -2.42. The average Bonchev–Trinajstić information content (AvgIpc) is 2.72. The third-order valence-electron chi connectivity index (χ3n) is 4.89. The third-order valence-corrected chi connectivity index (χ3v) is 4.89. The van der Waals surface area contributed by atoms with Gasteiger partial charge in [-0.15, -0.1) is 0 Å². The molecule has 1 N–H and O–H groups in total. The van der Waals surface area contributed by atoms with Crippen LogP contribution in [-0.2, 0) is 4.79 Å². The fourth-order valence-electron chi connectivity index (χ4n) is 3.94. The van der Waals surface area contributed by atoms with E-state index < -0.39 is 0 Å². The Hall–Kier alpha value is -0.610. The fraction of sp³-hybridized carbons (Fsp3) is 0.941. The number of rotatable bonds is 8. The van der Waals surface area contributed by atoms with E-state index in [2.05, 4.69) is 29.0 Å². The molecule has 2 aliphatic heterocycles. The molecule has 0 radical (unpaired) electrons. The molecule has 2 fully saturated rings. The van der Waals surface area contributed by atoms with Gasteiger partial charge in [0.25, 0.3) is 0 Å². The molecular formula is C17H33N3O. The zero-order valence-electron chi connectivity index (χ0n) is 13.9. The Balaban J connectivity index is 1.76. The van der Waals surface area contributed by atoms with Gasteiger partial charge in [0.2, 0.25) is 5.91 Å². The number of hydrogen-bond donors (Lipinski definition) is 1. The van der Waals surface area contributed by atoms with E-state index in [4.69, 9.17) is 0 Å². The van der Waals surface area contributed by atoms with E-state index in [0.717, 1.165) is 38.9 Å². The Bertz CT molecular complexity index is 301. The van der Waals surface area contributed by atoms with Crippen molar-refractivity contribution in [2.75, 3.05) is 32.7 Å². The lowest BCUT2D eigenvalue weighted by Gasteiger charge is -2.28. The average molecular weight is 295 g/mol. The zero-order valence-corrected chi connectivity index (χ0v) is 13.9. The number of carbonyl (C=O) groups is 1. The highest BCUT2D eigenvalue weighted by Gasteiger charge is 2.37. The molecule has 0 saturated carbocycles. The molecule has 21 heavy (non-hydrogen) atoms. The molecule has 122 valence electrons. The van der Waals surface area contributed by atoms with Crippen molar-refractivity contribution in [2.45, 2.75) is 70.9 Å². The minimum Gasteiger partial charge on any atom is -0.335 e. The number of nitrogens with zero attached hydrogens (tertiary/aromatic N) is 2. The number of amides is 1. The summed E-state index contributed by atoms with van der Waals surface area (Å²) in [7, 11) is 0. The summed E-state index contributed by atoms with van der Waals surface area (Å²) >= 11 is 0. The summed E-state index contributed by atoms with van der Waals surface area (Å²) in [4.78, 5) is 17.3. The van der Waals surface area contributed by atoms with E-state index in [0.29, 0.717) is 18.0 Å². The summed E-state index contributed by atoms with van der Waals surface area (Å²) in [5, 5.41) is 3.47. The molecular weight excluding hydrogens is 262 g/mol. The van der Waals surface area contributed by atoms with E-state index >= 15 is 0 Å². The van der Waals surface area contributed by atoms with Gasteiger partial charge in [-0.3, -0.25) is 4.79 Å². The van der Waals surface area contributed by atoms with E-state index in [9.17, 15) is 4.79 Å². The molecule has 1 amide bonds. The summed E-state index contributed by atoms with van der Waals surface area (Å²) in [5.74, 6) is 0.402. The molecule has 4 nitrogen and oxygen atoms in total. The summed E-state index contributed by atoms with van der Waals surface area (Å²) < 4.78 is 0. The van der Waals surface area contributed by atoms with Gasteiger partial charge in [0, 0.05) is 25.0 Å². The molecule has 2 heterocycles. The number of fused-ring (bicyclic) bond motifs is 2. The maximum absolute atomic E-state index is 12.6. The van der Waals surface area contributed by atoms with Crippen LogP contribution in [0.3, 0.4) is 0 Å². The standard InChI is InChI=1S/C17H33N3O/c1-3-11-19(12-4-2)13-5-6-17(21)20-15-7-8-16(20)14-18-10-9-15/h15-16,18H,3-14H2,1-2H3. The first kappa shape index (κ1) is 16.8. The second-order valence-electron chi connectivity index (χ2n) is 6.62. The number of carbonyl (C=O) groups excluding carboxylic acids is 1. The van der Waals surface area contributed by atoms with Crippen molar-refractivity contribution in [3.63, 3.8) is 0 Å². The Labute approximate surface area is 130 Å². The number of hydrogen-bond acceptors (Lipinski definition) is 3. The summed E-state index contributed by atoms with van der Waals surface area (Å²) in [6.07, 6.45) is 7.71. The molecule has 0 aliphatic carbocycles. The van der Waals surface area contributed by atoms with Crippen molar-refractivity contribution in [1.29, 1.82) is 0 Å². The van der Waals surface area contributed by atoms with Gasteiger partial charge < -0.3 is 15.1 Å². The summed E-state index contributed by atoms with van der Waals surface area (Å²) in [6, 6.07) is 0.979. The summed E-state index contributed by atoms with van der Waals surface area (Å²) in [5.41, 5.74) is 0. The summed E-state index contributed by atoms with van der Waals surface area (Å²) in [6.45, 7) is 9.95. The first-order valence-electron chi connectivity index (χ1n) is 9.00. The first-order chi connectivity index (χ1) is 10.3. The molecule has 2 rings (SSSR count). The molecule has 2 atom stereocenters. The largest absolute Gasteiger partial charge is 0.335 e. The lowest BCUT2D eigenvalue weighted by molar-refractivity contribution is -0.133. The van der Waals surface area contributed by atoms with Gasteiger partial charge >= 0.3 is 0 Å². The second-order valence-corrected chi connectivity index (χ2v) is 6.62. The van der Waals surface area contributed by atoms with Crippen LogP contribution in [0.1, 0.15) is 58.8 Å². The van der Waals surface area contributed by atoms with Gasteiger partial charge in [0.05, 0.1) is 0 Å². The van der Waals surface area contributed by atoms with Gasteiger partial charge in [0.1, 0.15) is 0 Å². The van der Waals surface area contributed by atoms with Gasteiger partial charge in [0.15, 0.2) is 0 Å². The monoisotopic (exact) mass is 295 g/mol. The van der Waals surface area contributed by atoms with Crippen molar-refractivity contribution >= 4 is 5.91 Å². The highest BCUT2D eigenvalue weighted by Crippen LogP contribution is 2.28. The Morgan fingerprint density at radius 1 is 1.10 bits per heavy atom. The fourth-order valence-corrected chi connectivity index (χ4v) is 3.94. The quantitative estimate of drug-likeness (QED) is 0.746.